The lowest BCUT2D eigenvalue weighted by Gasteiger charge is -2.08. The molecule has 0 saturated carbocycles. The van der Waals surface area contributed by atoms with Crippen LogP contribution >= 0.6 is 0 Å². The second kappa shape index (κ2) is 4.72. The largest absolute Gasteiger partial charge is 0.452 e. The first-order valence-electron chi connectivity index (χ1n) is 5.55. The van der Waals surface area contributed by atoms with Crippen LogP contribution in [-0.4, -0.2) is 29.0 Å². The number of benzene rings is 1. The zero-order valence-electron chi connectivity index (χ0n) is 10.9. The Morgan fingerprint density at radius 1 is 1.14 bits per heavy atom. The van der Waals surface area contributed by atoms with Gasteiger partial charge >= 0.3 is 11.9 Å². The lowest BCUT2D eigenvalue weighted by atomic mass is 10.3. The lowest BCUT2D eigenvalue weighted by molar-refractivity contribution is -0.146. The van der Waals surface area contributed by atoms with E-state index in [0.717, 1.165) is 37.6 Å². The third-order valence-electron chi connectivity index (χ3n) is 2.70. The minimum absolute atomic E-state index is 0.0586. The van der Waals surface area contributed by atoms with Crippen molar-refractivity contribution in [2.24, 2.45) is 7.05 Å². The van der Waals surface area contributed by atoms with E-state index in [1.54, 1.807) is 0 Å². The second-order valence-electron chi connectivity index (χ2n) is 4.33. The highest BCUT2D eigenvalue weighted by atomic mass is 32.2. The van der Waals surface area contributed by atoms with Crippen molar-refractivity contribution in [2.45, 2.75) is 11.1 Å². The molecule has 0 atom stereocenters. The molecule has 6 nitrogen and oxygen atoms in total. The smallest absolute Gasteiger partial charge is 0.246 e. The normalized spacial score (nSPS) is 12.6. The van der Waals surface area contributed by atoms with Gasteiger partial charge in [-0.2, -0.15) is 13.2 Å². The Balaban J connectivity index is 2.65. The summed E-state index contributed by atoms with van der Waals surface area (Å²) < 4.78 is 62.2. The van der Waals surface area contributed by atoms with Crippen molar-refractivity contribution in [3.8, 4) is 5.69 Å². The molecule has 2 rings (SSSR count). The molecule has 0 spiro atoms. The summed E-state index contributed by atoms with van der Waals surface area (Å²) in [7, 11) is -2.38. The van der Waals surface area contributed by atoms with Crippen LogP contribution in [-0.2, 0) is 23.1 Å². The molecule has 0 aliphatic rings. The molecule has 1 aromatic heterocycles. The maximum Gasteiger partial charge on any atom is 0.452 e. The number of hydrogen-bond donors (Lipinski definition) is 0. The summed E-state index contributed by atoms with van der Waals surface area (Å²) in [6.07, 6.45) is -3.84. The Morgan fingerprint density at radius 2 is 1.67 bits per heavy atom. The minimum atomic E-state index is -4.81. The predicted molar refractivity (Wildman–Crippen MR) is 66.9 cm³/mol. The summed E-state index contributed by atoms with van der Waals surface area (Å²) >= 11 is 0. The van der Waals surface area contributed by atoms with Gasteiger partial charge in [0.15, 0.2) is 9.84 Å². The van der Waals surface area contributed by atoms with Gasteiger partial charge in [-0.3, -0.25) is 0 Å². The fraction of sp³-hybridized carbons (Fsp3) is 0.273. The van der Waals surface area contributed by atoms with Gasteiger partial charge in [-0.1, -0.05) is 0 Å². The highest BCUT2D eigenvalue weighted by Gasteiger charge is 2.39. The van der Waals surface area contributed by atoms with Gasteiger partial charge in [0.2, 0.25) is 5.82 Å². The predicted octanol–water partition coefficient (Wildman–Crippen LogP) is 0.993. The molecular weight excluding hydrogens is 311 g/mol. The molecule has 0 aliphatic carbocycles. The molecule has 1 aromatic carbocycles. The van der Waals surface area contributed by atoms with Gasteiger partial charge in [0.1, 0.15) is 0 Å². The fourth-order valence-corrected chi connectivity index (χ4v) is 2.35. The molecular formula is C11H10F3N3O3S. The van der Waals surface area contributed by atoms with Crippen LogP contribution in [0.3, 0.4) is 0 Å². The third kappa shape index (κ3) is 2.84. The van der Waals surface area contributed by atoms with Gasteiger partial charge in [0.25, 0.3) is 0 Å². The highest BCUT2D eigenvalue weighted by Crippen LogP contribution is 2.28. The molecule has 114 valence electrons. The van der Waals surface area contributed by atoms with Gasteiger partial charge < -0.3 is 0 Å². The average Bonchev–Trinajstić information content (AvgIpc) is 2.65. The molecule has 0 amide bonds. The van der Waals surface area contributed by atoms with Crippen LogP contribution in [0, 0.1) is 0 Å². The molecule has 10 heteroatoms. The standard InChI is InChI=1S/C11H10F3N3O3S/c1-16-10(18)17(9(15-16)11(12,13)14)7-3-5-8(6-4-7)21(2,19)20/h3-6H,1-2H3. The number of aromatic nitrogens is 3. The van der Waals surface area contributed by atoms with E-state index in [9.17, 15) is 26.4 Å². The van der Waals surface area contributed by atoms with E-state index in [1.807, 2.05) is 0 Å². The summed E-state index contributed by atoms with van der Waals surface area (Å²) in [5.41, 5.74) is -1.10. The first-order valence-corrected chi connectivity index (χ1v) is 7.44. The highest BCUT2D eigenvalue weighted by molar-refractivity contribution is 7.90. The molecule has 0 unspecified atom stereocenters. The van der Waals surface area contributed by atoms with E-state index in [2.05, 4.69) is 5.10 Å². The third-order valence-corrected chi connectivity index (χ3v) is 3.83. The number of hydrogen-bond acceptors (Lipinski definition) is 4. The number of halogens is 3. The van der Waals surface area contributed by atoms with Crippen LogP contribution < -0.4 is 5.69 Å². The van der Waals surface area contributed by atoms with Crippen LogP contribution in [0.2, 0.25) is 0 Å². The molecule has 1 heterocycles. The maximum atomic E-state index is 12.9. The molecule has 0 aliphatic heterocycles. The average molecular weight is 321 g/mol. The van der Waals surface area contributed by atoms with Crippen molar-refractivity contribution < 1.29 is 21.6 Å². The molecule has 2 aromatic rings. The Bertz CT molecular complexity index is 832. The minimum Gasteiger partial charge on any atom is -0.246 e. The first-order chi connectivity index (χ1) is 9.51. The molecule has 0 saturated heterocycles. The van der Waals surface area contributed by atoms with Gasteiger partial charge in [-0.15, -0.1) is 5.10 Å². The van der Waals surface area contributed by atoms with Crippen LogP contribution in [0.25, 0.3) is 5.69 Å². The van der Waals surface area contributed by atoms with Crippen molar-refractivity contribution >= 4 is 9.84 Å². The fourth-order valence-electron chi connectivity index (χ4n) is 1.72. The number of nitrogens with zero attached hydrogens (tertiary/aromatic N) is 3. The summed E-state index contributed by atoms with van der Waals surface area (Å²) in [6, 6.07) is 4.50. The second-order valence-corrected chi connectivity index (χ2v) is 6.34. The van der Waals surface area contributed by atoms with Crippen LogP contribution in [0.1, 0.15) is 5.82 Å². The Hall–Kier alpha value is -2.10. The lowest BCUT2D eigenvalue weighted by Crippen LogP contribution is -2.24. The summed E-state index contributed by atoms with van der Waals surface area (Å²) in [5, 5.41) is 3.15. The van der Waals surface area contributed by atoms with Crippen molar-refractivity contribution in [1.82, 2.24) is 14.3 Å². The van der Waals surface area contributed by atoms with E-state index in [0.29, 0.717) is 9.25 Å². The zero-order valence-corrected chi connectivity index (χ0v) is 11.7. The number of aryl methyl sites for hydroxylation is 1. The van der Waals surface area contributed by atoms with E-state index in [4.69, 9.17) is 0 Å². The van der Waals surface area contributed by atoms with Gasteiger partial charge in [-0.05, 0) is 24.3 Å². The molecule has 0 bridgehead atoms. The first kappa shape index (κ1) is 15.3. The van der Waals surface area contributed by atoms with Gasteiger partial charge in [-0.25, -0.2) is 22.5 Å². The summed E-state index contributed by atoms with van der Waals surface area (Å²) in [6.45, 7) is 0. The number of sulfone groups is 1. The monoisotopic (exact) mass is 321 g/mol. The Morgan fingerprint density at radius 3 is 2.10 bits per heavy atom. The van der Waals surface area contributed by atoms with E-state index in [-0.39, 0.29) is 10.6 Å². The van der Waals surface area contributed by atoms with Crippen LogP contribution in [0.15, 0.2) is 34.0 Å². The van der Waals surface area contributed by atoms with E-state index < -0.39 is 27.5 Å². The SMILES string of the molecule is Cn1nc(C(F)(F)F)n(-c2ccc(S(C)(=O)=O)cc2)c1=O. The summed E-state index contributed by atoms with van der Waals surface area (Å²) in [4.78, 5) is 11.7. The molecule has 0 fully saturated rings. The maximum absolute atomic E-state index is 12.9. The van der Waals surface area contributed by atoms with Gasteiger partial charge in [0.05, 0.1) is 10.6 Å². The Labute approximate surface area is 117 Å². The zero-order chi connectivity index (χ0) is 16.0. The molecule has 21 heavy (non-hydrogen) atoms. The van der Waals surface area contributed by atoms with Crippen molar-refractivity contribution in [2.75, 3.05) is 6.26 Å². The quantitative estimate of drug-likeness (QED) is 0.827. The molecule has 0 N–H and O–H groups in total. The van der Waals surface area contributed by atoms with E-state index >= 15 is 0 Å². The number of rotatable bonds is 2. The molecule has 0 radical (unpaired) electrons. The van der Waals surface area contributed by atoms with Crippen molar-refractivity contribution in [1.29, 1.82) is 0 Å². The van der Waals surface area contributed by atoms with E-state index in [1.165, 1.54) is 0 Å². The Kier molecular flexibility index (Phi) is 3.44. The van der Waals surface area contributed by atoms with Crippen molar-refractivity contribution in [3.05, 3.63) is 40.6 Å². The van der Waals surface area contributed by atoms with Crippen molar-refractivity contribution in [3.63, 3.8) is 0 Å². The van der Waals surface area contributed by atoms with Crippen LogP contribution in [0.4, 0.5) is 13.2 Å². The van der Waals surface area contributed by atoms with Gasteiger partial charge in [0, 0.05) is 13.3 Å². The topological polar surface area (TPSA) is 74.0 Å². The number of alkyl halides is 3. The summed E-state index contributed by atoms with van der Waals surface area (Å²) in [5.74, 6) is -1.37. The van der Waals surface area contributed by atoms with Crippen LogP contribution in [0.5, 0.6) is 0 Å².